The van der Waals surface area contributed by atoms with Crippen molar-refractivity contribution in [1.29, 1.82) is 0 Å². The van der Waals surface area contributed by atoms with Crippen LogP contribution < -0.4 is 5.73 Å². The lowest BCUT2D eigenvalue weighted by Gasteiger charge is -2.09. The van der Waals surface area contributed by atoms with E-state index in [4.69, 9.17) is 15.2 Å². The van der Waals surface area contributed by atoms with Gasteiger partial charge < -0.3 is 15.2 Å². The van der Waals surface area contributed by atoms with E-state index in [1.165, 1.54) is 0 Å². The van der Waals surface area contributed by atoms with Crippen molar-refractivity contribution >= 4 is 0 Å². The lowest BCUT2D eigenvalue weighted by molar-refractivity contribution is 0.0716. The van der Waals surface area contributed by atoms with E-state index in [0.29, 0.717) is 26.2 Å². The van der Waals surface area contributed by atoms with Crippen molar-refractivity contribution in [2.75, 3.05) is 26.9 Å². The van der Waals surface area contributed by atoms with Crippen molar-refractivity contribution in [3.8, 4) is 0 Å². The number of aromatic nitrogens is 2. The maximum Gasteiger partial charge on any atom is 0.130 e. The zero-order valence-corrected chi connectivity index (χ0v) is 10.8. The van der Waals surface area contributed by atoms with Crippen LogP contribution in [0.3, 0.4) is 0 Å². The summed E-state index contributed by atoms with van der Waals surface area (Å²) in [6.07, 6.45) is 2.52. The molecule has 0 aromatic carbocycles. The lowest BCUT2D eigenvalue weighted by atomic mass is 10.1. The quantitative estimate of drug-likeness (QED) is 0.719. The van der Waals surface area contributed by atoms with Gasteiger partial charge in [0.2, 0.25) is 0 Å². The summed E-state index contributed by atoms with van der Waals surface area (Å²) < 4.78 is 10.3. The van der Waals surface area contributed by atoms with Gasteiger partial charge in [-0.05, 0) is 13.8 Å². The number of nitrogens with zero attached hydrogens (tertiary/aromatic N) is 2. The Kier molecular flexibility index (Phi) is 6.04. The summed E-state index contributed by atoms with van der Waals surface area (Å²) in [5, 5.41) is 0. The molecule has 1 atom stereocenters. The van der Waals surface area contributed by atoms with E-state index in [-0.39, 0.29) is 6.04 Å². The van der Waals surface area contributed by atoms with Gasteiger partial charge in [-0.1, -0.05) is 0 Å². The SMILES string of the molecule is COCCOCCc1ncc(C(C)N)c(C)n1. The van der Waals surface area contributed by atoms with Crippen molar-refractivity contribution in [3.05, 3.63) is 23.3 Å². The molecule has 0 spiro atoms. The molecule has 1 aromatic rings. The normalized spacial score (nSPS) is 12.7. The van der Waals surface area contributed by atoms with E-state index in [1.807, 2.05) is 13.8 Å². The number of ether oxygens (including phenoxy) is 2. The third-order valence-corrected chi connectivity index (χ3v) is 2.46. The second-order valence-electron chi connectivity index (χ2n) is 3.97. The molecule has 5 nitrogen and oxygen atoms in total. The molecule has 0 aliphatic heterocycles. The molecule has 0 bridgehead atoms. The van der Waals surface area contributed by atoms with Gasteiger partial charge in [-0.25, -0.2) is 9.97 Å². The molecule has 17 heavy (non-hydrogen) atoms. The summed E-state index contributed by atoms with van der Waals surface area (Å²) in [4.78, 5) is 8.69. The van der Waals surface area contributed by atoms with Crippen LogP contribution in [0.5, 0.6) is 0 Å². The topological polar surface area (TPSA) is 70.3 Å². The van der Waals surface area contributed by atoms with Gasteiger partial charge in [-0.2, -0.15) is 0 Å². The first kappa shape index (κ1) is 14.0. The highest BCUT2D eigenvalue weighted by Gasteiger charge is 2.06. The van der Waals surface area contributed by atoms with Crippen LogP contribution >= 0.6 is 0 Å². The minimum absolute atomic E-state index is 0.0259. The maximum absolute atomic E-state index is 5.80. The number of rotatable bonds is 7. The average Bonchev–Trinajstić information content (AvgIpc) is 2.28. The van der Waals surface area contributed by atoms with E-state index in [9.17, 15) is 0 Å². The largest absolute Gasteiger partial charge is 0.382 e. The highest BCUT2D eigenvalue weighted by atomic mass is 16.5. The van der Waals surface area contributed by atoms with Crippen LogP contribution in [0, 0.1) is 6.92 Å². The van der Waals surface area contributed by atoms with Gasteiger partial charge in [0.25, 0.3) is 0 Å². The van der Waals surface area contributed by atoms with Gasteiger partial charge in [0, 0.05) is 37.0 Å². The van der Waals surface area contributed by atoms with Crippen LogP contribution in [0.25, 0.3) is 0 Å². The number of methoxy groups -OCH3 is 1. The standard InChI is InChI=1S/C12H21N3O2/c1-9(13)11-8-14-12(15-10(11)2)4-5-17-7-6-16-3/h8-9H,4-7,13H2,1-3H3. The first-order valence-corrected chi connectivity index (χ1v) is 5.79. The number of nitrogens with two attached hydrogens (primary N) is 1. The van der Waals surface area contributed by atoms with E-state index >= 15 is 0 Å². The first-order chi connectivity index (χ1) is 8.15. The van der Waals surface area contributed by atoms with E-state index in [1.54, 1.807) is 13.3 Å². The zero-order chi connectivity index (χ0) is 12.7. The fourth-order valence-corrected chi connectivity index (χ4v) is 1.50. The lowest BCUT2D eigenvalue weighted by Crippen LogP contribution is -2.12. The molecule has 1 heterocycles. The molecule has 96 valence electrons. The van der Waals surface area contributed by atoms with Crippen molar-refractivity contribution in [1.82, 2.24) is 9.97 Å². The van der Waals surface area contributed by atoms with Gasteiger partial charge in [0.1, 0.15) is 5.82 Å². The Morgan fingerprint density at radius 1 is 1.35 bits per heavy atom. The molecule has 0 amide bonds. The van der Waals surface area contributed by atoms with Gasteiger partial charge in [-0.15, -0.1) is 0 Å². The van der Waals surface area contributed by atoms with Crippen LogP contribution in [0.2, 0.25) is 0 Å². The Hall–Kier alpha value is -1.04. The Morgan fingerprint density at radius 3 is 2.71 bits per heavy atom. The highest BCUT2D eigenvalue weighted by Crippen LogP contribution is 2.11. The van der Waals surface area contributed by atoms with Crippen molar-refractivity contribution in [2.24, 2.45) is 5.73 Å². The van der Waals surface area contributed by atoms with E-state index < -0.39 is 0 Å². The molecular weight excluding hydrogens is 218 g/mol. The molecule has 0 saturated carbocycles. The minimum Gasteiger partial charge on any atom is -0.382 e. The van der Waals surface area contributed by atoms with Gasteiger partial charge in [0.05, 0.1) is 19.8 Å². The van der Waals surface area contributed by atoms with Crippen molar-refractivity contribution in [2.45, 2.75) is 26.3 Å². The van der Waals surface area contributed by atoms with Crippen LogP contribution in [0.15, 0.2) is 6.20 Å². The first-order valence-electron chi connectivity index (χ1n) is 5.79. The Morgan fingerprint density at radius 2 is 2.12 bits per heavy atom. The van der Waals surface area contributed by atoms with Gasteiger partial charge in [0.15, 0.2) is 0 Å². The molecule has 1 unspecified atom stereocenters. The van der Waals surface area contributed by atoms with Crippen molar-refractivity contribution in [3.63, 3.8) is 0 Å². The minimum atomic E-state index is -0.0259. The molecule has 0 fully saturated rings. The second kappa shape index (κ2) is 7.32. The smallest absolute Gasteiger partial charge is 0.130 e. The van der Waals surface area contributed by atoms with Gasteiger partial charge in [-0.3, -0.25) is 0 Å². The van der Waals surface area contributed by atoms with Crippen LogP contribution in [-0.2, 0) is 15.9 Å². The molecule has 0 radical (unpaired) electrons. The fourth-order valence-electron chi connectivity index (χ4n) is 1.50. The van der Waals surface area contributed by atoms with Crippen molar-refractivity contribution < 1.29 is 9.47 Å². The number of hydrogen-bond acceptors (Lipinski definition) is 5. The predicted octanol–water partition coefficient (Wildman–Crippen LogP) is 1.01. The molecule has 0 saturated heterocycles. The van der Waals surface area contributed by atoms with E-state index in [0.717, 1.165) is 17.1 Å². The molecule has 5 heteroatoms. The Balaban J connectivity index is 2.42. The van der Waals surface area contributed by atoms with Crippen LogP contribution in [0.4, 0.5) is 0 Å². The molecule has 0 aliphatic rings. The molecule has 0 aliphatic carbocycles. The monoisotopic (exact) mass is 239 g/mol. The zero-order valence-electron chi connectivity index (χ0n) is 10.8. The molecular formula is C12H21N3O2. The molecule has 1 rings (SSSR count). The Labute approximate surface area is 102 Å². The third-order valence-electron chi connectivity index (χ3n) is 2.46. The predicted molar refractivity (Wildman–Crippen MR) is 65.8 cm³/mol. The number of aryl methyl sites for hydroxylation is 1. The Bertz CT molecular complexity index is 343. The summed E-state index contributed by atoms with van der Waals surface area (Å²) in [5.41, 5.74) is 7.74. The van der Waals surface area contributed by atoms with Crippen LogP contribution in [-0.4, -0.2) is 36.9 Å². The highest BCUT2D eigenvalue weighted by molar-refractivity contribution is 5.19. The van der Waals surface area contributed by atoms with Crippen LogP contribution in [0.1, 0.15) is 30.0 Å². The summed E-state index contributed by atoms with van der Waals surface area (Å²) in [6, 6.07) is -0.0259. The third kappa shape index (κ3) is 4.77. The summed E-state index contributed by atoms with van der Waals surface area (Å²) >= 11 is 0. The summed E-state index contributed by atoms with van der Waals surface area (Å²) in [5.74, 6) is 0.796. The average molecular weight is 239 g/mol. The van der Waals surface area contributed by atoms with E-state index in [2.05, 4.69) is 9.97 Å². The molecule has 2 N–H and O–H groups in total. The fraction of sp³-hybridized carbons (Fsp3) is 0.667. The maximum atomic E-state index is 5.80. The number of hydrogen-bond donors (Lipinski definition) is 1. The summed E-state index contributed by atoms with van der Waals surface area (Å²) in [7, 11) is 1.66. The summed E-state index contributed by atoms with van der Waals surface area (Å²) in [6.45, 7) is 5.71. The second-order valence-corrected chi connectivity index (χ2v) is 3.97. The van der Waals surface area contributed by atoms with Gasteiger partial charge >= 0.3 is 0 Å². The molecule has 1 aromatic heterocycles.